The summed E-state index contributed by atoms with van der Waals surface area (Å²) in [5, 5.41) is 0. The van der Waals surface area contributed by atoms with E-state index in [1.54, 1.807) is 0 Å². The molecule has 0 bridgehead atoms. The number of hydrogen-bond donors (Lipinski definition) is 0. The molecule has 1 fully saturated rings. The van der Waals surface area contributed by atoms with Gasteiger partial charge in [-0.2, -0.15) is 0 Å². The SMILES string of the molecule is CCN(C(=O)C(Cl)Cl)C1CCCCC1. The molecule has 1 aliphatic rings. The van der Waals surface area contributed by atoms with E-state index in [1.165, 1.54) is 19.3 Å². The zero-order valence-corrected chi connectivity index (χ0v) is 10.0. The molecule has 0 aromatic heterocycles. The molecule has 1 aliphatic carbocycles. The molecule has 2 nitrogen and oxygen atoms in total. The number of halogens is 2. The maximum Gasteiger partial charge on any atom is 0.256 e. The summed E-state index contributed by atoms with van der Waals surface area (Å²) in [6.45, 7) is 2.68. The summed E-state index contributed by atoms with van der Waals surface area (Å²) in [5.41, 5.74) is 0. The topological polar surface area (TPSA) is 20.3 Å². The maximum absolute atomic E-state index is 11.6. The van der Waals surface area contributed by atoms with Gasteiger partial charge in [-0.25, -0.2) is 0 Å². The maximum atomic E-state index is 11.6. The monoisotopic (exact) mass is 237 g/mol. The Morgan fingerprint density at radius 2 is 1.93 bits per heavy atom. The van der Waals surface area contributed by atoms with Crippen LogP contribution in [0.15, 0.2) is 0 Å². The number of carbonyl (C=O) groups is 1. The van der Waals surface area contributed by atoms with Crippen molar-refractivity contribution < 1.29 is 4.79 Å². The fourth-order valence-electron chi connectivity index (χ4n) is 2.11. The third-order valence-corrected chi connectivity index (χ3v) is 3.20. The van der Waals surface area contributed by atoms with E-state index in [1.807, 2.05) is 11.8 Å². The zero-order valence-electron chi connectivity index (χ0n) is 8.51. The average Bonchev–Trinajstić information content (AvgIpc) is 2.20. The first-order valence-electron chi connectivity index (χ1n) is 5.25. The Hall–Kier alpha value is 0.0500. The van der Waals surface area contributed by atoms with Gasteiger partial charge in [0.1, 0.15) is 0 Å². The van der Waals surface area contributed by atoms with Gasteiger partial charge in [-0.15, -0.1) is 0 Å². The predicted octanol–water partition coefficient (Wildman–Crippen LogP) is 2.97. The first-order chi connectivity index (χ1) is 6.66. The van der Waals surface area contributed by atoms with E-state index in [2.05, 4.69) is 0 Å². The van der Waals surface area contributed by atoms with Crippen LogP contribution in [-0.4, -0.2) is 28.2 Å². The fourth-order valence-corrected chi connectivity index (χ4v) is 2.36. The third kappa shape index (κ3) is 3.03. The second kappa shape index (κ2) is 5.82. The second-order valence-corrected chi connectivity index (χ2v) is 4.81. The molecule has 0 heterocycles. The quantitative estimate of drug-likeness (QED) is 0.692. The summed E-state index contributed by atoms with van der Waals surface area (Å²) in [4.78, 5) is 12.6. The molecular formula is C10H17Cl2NO. The Morgan fingerprint density at radius 3 is 2.36 bits per heavy atom. The normalized spacial score (nSPS) is 18.6. The third-order valence-electron chi connectivity index (χ3n) is 2.83. The van der Waals surface area contributed by atoms with Crippen molar-refractivity contribution in [3.63, 3.8) is 0 Å². The van der Waals surface area contributed by atoms with Crippen molar-refractivity contribution in [1.82, 2.24) is 4.90 Å². The molecule has 0 aromatic carbocycles. The summed E-state index contributed by atoms with van der Waals surface area (Å²) < 4.78 is 0. The average molecular weight is 238 g/mol. The lowest BCUT2D eigenvalue weighted by atomic mass is 9.94. The van der Waals surface area contributed by atoms with Gasteiger partial charge in [-0.3, -0.25) is 4.79 Å². The predicted molar refractivity (Wildman–Crippen MR) is 59.8 cm³/mol. The number of carbonyl (C=O) groups excluding carboxylic acids is 1. The molecule has 4 heteroatoms. The van der Waals surface area contributed by atoms with Crippen LogP contribution in [0.25, 0.3) is 0 Å². The van der Waals surface area contributed by atoms with Gasteiger partial charge in [-0.1, -0.05) is 42.5 Å². The fraction of sp³-hybridized carbons (Fsp3) is 0.900. The van der Waals surface area contributed by atoms with Crippen LogP contribution in [0, 0.1) is 0 Å². The van der Waals surface area contributed by atoms with E-state index < -0.39 is 4.84 Å². The molecular weight excluding hydrogens is 221 g/mol. The Labute approximate surface area is 95.5 Å². The smallest absolute Gasteiger partial charge is 0.256 e. The highest BCUT2D eigenvalue weighted by Gasteiger charge is 2.27. The highest BCUT2D eigenvalue weighted by molar-refractivity contribution is 6.53. The molecule has 0 N–H and O–H groups in total. The van der Waals surface area contributed by atoms with Gasteiger partial charge in [0.25, 0.3) is 5.91 Å². The van der Waals surface area contributed by atoms with E-state index in [-0.39, 0.29) is 5.91 Å². The van der Waals surface area contributed by atoms with Crippen LogP contribution in [-0.2, 0) is 4.79 Å². The molecule has 0 radical (unpaired) electrons. The lowest BCUT2D eigenvalue weighted by Crippen LogP contribution is -2.43. The standard InChI is InChI=1S/C10H17Cl2NO/c1-2-13(10(14)9(11)12)8-6-4-3-5-7-8/h8-9H,2-7H2,1H3. The van der Waals surface area contributed by atoms with E-state index in [9.17, 15) is 4.79 Å². The largest absolute Gasteiger partial charge is 0.338 e. The number of amides is 1. The number of alkyl halides is 2. The molecule has 0 aromatic rings. The van der Waals surface area contributed by atoms with Crippen molar-refractivity contribution in [3.8, 4) is 0 Å². The Kier molecular flexibility index (Phi) is 5.04. The van der Waals surface area contributed by atoms with E-state index in [4.69, 9.17) is 23.2 Å². The van der Waals surface area contributed by atoms with Crippen LogP contribution in [0.5, 0.6) is 0 Å². The number of nitrogens with zero attached hydrogens (tertiary/aromatic N) is 1. The minimum Gasteiger partial charge on any atom is -0.338 e. The van der Waals surface area contributed by atoms with Crippen molar-refractivity contribution >= 4 is 29.1 Å². The molecule has 0 atom stereocenters. The lowest BCUT2D eigenvalue weighted by molar-refractivity contribution is -0.132. The lowest BCUT2D eigenvalue weighted by Gasteiger charge is -2.33. The second-order valence-electron chi connectivity index (χ2n) is 3.72. The van der Waals surface area contributed by atoms with Crippen LogP contribution in [0.2, 0.25) is 0 Å². The van der Waals surface area contributed by atoms with Gasteiger partial charge in [0, 0.05) is 12.6 Å². The summed E-state index contributed by atoms with van der Waals surface area (Å²) >= 11 is 11.2. The van der Waals surface area contributed by atoms with Crippen molar-refractivity contribution in [3.05, 3.63) is 0 Å². The molecule has 82 valence electrons. The van der Waals surface area contributed by atoms with Gasteiger partial charge < -0.3 is 4.90 Å². The zero-order chi connectivity index (χ0) is 10.6. The molecule has 1 rings (SSSR count). The van der Waals surface area contributed by atoms with Gasteiger partial charge in [0.15, 0.2) is 4.84 Å². The minimum absolute atomic E-state index is 0.136. The highest BCUT2D eigenvalue weighted by Crippen LogP contribution is 2.24. The van der Waals surface area contributed by atoms with Crippen molar-refractivity contribution in [2.24, 2.45) is 0 Å². The molecule has 0 spiro atoms. The van der Waals surface area contributed by atoms with Crippen molar-refractivity contribution in [2.45, 2.75) is 49.9 Å². The van der Waals surface area contributed by atoms with Gasteiger partial charge in [0.2, 0.25) is 0 Å². The van der Waals surface area contributed by atoms with Crippen LogP contribution in [0.1, 0.15) is 39.0 Å². The van der Waals surface area contributed by atoms with Crippen molar-refractivity contribution in [2.75, 3.05) is 6.54 Å². The first kappa shape index (κ1) is 12.1. The first-order valence-corrected chi connectivity index (χ1v) is 6.12. The molecule has 1 amide bonds. The van der Waals surface area contributed by atoms with Gasteiger partial charge in [0.05, 0.1) is 0 Å². The Morgan fingerprint density at radius 1 is 1.36 bits per heavy atom. The van der Waals surface area contributed by atoms with Crippen LogP contribution >= 0.6 is 23.2 Å². The minimum atomic E-state index is -0.906. The highest BCUT2D eigenvalue weighted by atomic mass is 35.5. The van der Waals surface area contributed by atoms with Crippen molar-refractivity contribution in [1.29, 1.82) is 0 Å². The van der Waals surface area contributed by atoms with Gasteiger partial charge in [-0.05, 0) is 19.8 Å². The molecule has 0 saturated heterocycles. The molecule has 0 unspecified atom stereocenters. The summed E-state index contributed by atoms with van der Waals surface area (Å²) in [5.74, 6) is -0.136. The molecule has 1 saturated carbocycles. The van der Waals surface area contributed by atoms with Crippen LogP contribution in [0.4, 0.5) is 0 Å². The van der Waals surface area contributed by atoms with Crippen LogP contribution < -0.4 is 0 Å². The summed E-state index contributed by atoms with van der Waals surface area (Å²) in [6.07, 6.45) is 5.90. The summed E-state index contributed by atoms with van der Waals surface area (Å²) in [6, 6.07) is 0.362. The van der Waals surface area contributed by atoms with E-state index in [0.717, 1.165) is 12.8 Å². The summed E-state index contributed by atoms with van der Waals surface area (Å²) in [7, 11) is 0. The van der Waals surface area contributed by atoms with E-state index >= 15 is 0 Å². The van der Waals surface area contributed by atoms with Crippen LogP contribution in [0.3, 0.4) is 0 Å². The number of hydrogen-bond acceptors (Lipinski definition) is 1. The molecule has 0 aliphatic heterocycles. The Bertz CT molecular complexity index is 191. The number of rotatable bonds is 3. The van der Waals surface area contributed by atoms with Gasteiger partial charge >= 0.3 is 0 Å². The van der Waals surface area contributed by atoms with E-state index in [0.29, 0.717) is 12.6 Å². The molecule has 14 heavy (non-hydrogen) atoms. The Balaban J connectivity index is 2.55.